The Hall–Kier alpha value is -1.29. The molecular formula is C8H10ClFN2O. The van der Waals surface area contributed by atoms with Crippen LogP contribution in [-0.2, 0) is 0 Å². The number of anilines is 1. The summed E-state index contributed by atoms with van der Waals surface area (Å²) >= 11 is 0. The van der Waals surface area contributed by atoms with Crippen LogP contribution in [0.5, 0.6) is 0 Å². The van der Waals surface area contributed by atoms with Crippen LogP contribution in [0.25, 0.3) is 0 Å². The van der Waals surface area contributed by atoms with Crippen molar-refractivity contribution in [3.63, 3.8) is 0 Å². The SMILES string of the molecule is CNC(=O)c1cc(N)ccc1F.Cl. The standard InChI is InChI=1S/C8H9FN2O.ClH/c1-11-8(12)6-4-5(10)2-3-7(6)9;/h2-4H,10H2,1H3,(H,11,12);1H. The lowest BCUT2D eigenvalue weighted by Gasteiger charge is -2.01. The summed E-state index contributed by atoms with van der Waals surface area (Å²) in [5, 5.41) is 2.31. The van der Waals surface area contributed by atoms with Crippen molar-refractivity contribution in [1.82, 2.24) is 5.32 Å². The van der Waals surface area contributed by atoms with Gasteiger partial charge < -0.3 is 11.1 Å². The van der Waals surface area contributed by atoms with Crippen molar-refractivity contribution >= 4 is 24.0 Å². The Morgan fingerprint density at radius 2 is 2.15 bits per heavy atom. The molecule has 0 spiro atoms. The first-order valence-corrected chi connectivity index (χ1v) is 3.42. The van der Waals surface area contributed by atoms with E-state index >= 15 is 0 Å². The average molecular weight is 205 g/mol. The van der Waals surface area contributed by atoms with E-state index in [1.165, 1.54) is 25.2 Å². The fourth-order valence-corrected chi connectivity index (χ4v) is 0.852. The number of amides is 1. The van der Waals surface area contributed by atoms with Crippen LogP contribution in [0, 0.1) is 5.82 Å². The minimum atomic E-state index is -0.566. The Morgan fingerprint density at radius 3 is 2.69 bits per heavy atom. The van der Waals surface area contributed by atoms with Crippen LogP contribution in [0.15, 0.2) is 18.2 Å². The van der Waals surface area contributed by atoms with Gasteiger partial charge in [0.15, 0.2) is 0 Å². The molecule has 1 aromatic rings. The highest BCUT2D eigenvalue weighted by molar-refractivity contribution is 5.95. The van der Waals surface area contributed by atoms with Gasteiger partial charge >= 0.3 is 0 Å². The van der Waals surface area contributed by atoms with Gasteiger partial charge in [0.25, 0.3) is 5.91 Å². The molecule has 3 nitrogen and oxygen atoms in total. The van der Waals surface area contributed by atoms with Gasteiger partial charge in [-0.05, 0) is 18.2 Å². The summed E-state index contributed by atoms with van der Waals surface area (Å²) in [5.41, 5.74) is 5.71. The molecule has 72 valence electrons. The zero-order valence-corrected chi connectivity index (χ0v) is 7.82. The van der Waals surface area contributed by atoms with E-state index in [0.29, 0.717) is 5.69 Å². The zero-order valence-electron chi connectivity index (χ0n) is 7.00. The van der Waals surface area contributed by atoms with Gasteiger partial charge in [0, 0.05) is 12.7 Å². The molecule has 0 unspecified atom stereocenters. The first-order chi connectivity index (χ1) is 5.65. The molecule has 0 aliphatic rings. The number of nitrogens with two attached hydrogens (primary N) is 1. The zero-order chi connectivity index (χ0) is 9.14. The summed E-state index contributed by atoms with van der Waals surface area (Å²) in [4.78, 5) is 11.0. The first-order valence-electron chi connectivity index (χ1n) is 3.42. The maximum Gasteiger partial charge on any atom is 0.254 e. The number of benzene rings is 1. The van der Waals surface area contributed by atoms with Crippen molar-refractivity contribution in [2.75, 3.05) is 12.8 Å². The lowest BCUT2D eigenvalue weighted by molar-refractivity contribution is 0.0959. The molecule has 13 heavy (non-hydrogen) atoms. The van der Waals surface area contributed by atoms with Crippen LogP contribution in [0.4, 0.5) is 10.1 Å². The topological polar surface area (TPSA) is 55.1 Å². The van der Waals surface area contributed by atoms with Crippen LogP contribution in [0.1, 0.15) is 10.4 Å². The van der Waals surface area contributed by atoms with Crippen LogP contribution in [0.3, 0.4) is 0 Å². The van der Waals surface area contributed by atoms with Crippen molar-refractivity contribution in [2.45, 2.75) is 0 Å². The van der Waals surface area contributed by atoms with Gasteiger partial charge in [0.05, 0.1) is 5.56 Å². The van der Waals surface area contributed by atoms with Gasteiger partial charge in [0.2, 0.25) is 0 Å². The Balaban J connectivity index is 0.00000144. The lowest BCUT2D eigenvalue weighted by Crippen LogP contribution is -2.19. The predicted octanol–water partition coefficient (Wildman–Crippen LogP) is 1.19. The molecule has 0 atom stereocenters. The maximum atomic E-state index is 12.9. The summed E-state index contributed by atoms with van der Waals surface area (Å²) in [6, 6.07) is 3.87. The van der Waals surface area contributed by atoms with Crippen molar-refractivity contribution in [2.24, 2.45) is 0 Å². The minimum absolute atomic E-state index is 0. The van der Waals surface area contributed by atoms with E-state index in [-0.39, 0.29) is 18.0 Å². The first kappa shape index (κ1) is 11.7. The molecule has 0 aromatic heterocycles. The van der Waals surface area contributed by atoms with Gasteiger partial charge in [-0.2, -0.15) is 0 Å². The number of nitrogen functional groups attached to an aromatic ring is 1. The normalized spacial score (nSPS) is 8.77. The van der Waals surface area contributed by atoms with E-state index < -0.39 is 11.7 Å². The number of hydrogen-bond acceptors (Lipinski definition) is 2. The number of hydrogen-bond donors (Lipinski definition) is 2. The van der Waals surface area contributed by atoms with Crippen LogP contribution in [0.2, 0.25) is 0 Å². The highest BCUT2D eigenvalue weighted by atomic mass is 35.5. The molecule has 0 bridgehead atoms. The second kappa shape index (κ2) is 4.67. The third-order valence-electron chi connectivity index (χ3n) is 1.46. The highest BCUT2D eigenvalue weighted by Crippen LogP contribution is 2.11. The molecule has 0 aliphatic carbocycles. The monoisotopic (exact) mass is 204 g/mol. The van der Waals surface area contributed by atoms with Gasteiger partial charge in [0.1, 0.15) is 5.82 Å². The lowest BCUT2D eigenvalue weighted by atomic mass is 10.2. The van der Waals surface area contributed by atoms with Gasteiger partial charge in [-0.25, -0.2) is 4.39 Å². The number of rotatable bonds is 1. The second-order valence-electron chi connectivity index (χ2n) is 2.32. The predicted molar refractivity (Wildman–Crippen MR) is 51.5 cm³/mol. The summed E-state index contributed by atoms with van der Waals surface area (Å²) in [6.45, 7) is 0. The molecule has 0 fully saturated rings. The van der Waals surface area contributed by atoms with Crippen LogP contribution >= 0.6 is 12.4 Å². The number of halogens is 2. The van der Waals surface area contributed by atoms with Crippen molar-refractivity contribution in [3.05, 3.63) is 29.6 Å². The van der Waals surface area contributed by atoms with E-state index in [0.717, 1.165) is 0 Å². The van der Waals surface area contributed by atoms with E-state index in [2.05, 4.69) is 5.32 Å². The smallest absolute Gasteiger partial charge is 0.254 e. The molecule has 0 heterocycles. The largest absolute Gasteiger partial charge is 0.399 e. The van der Waals surface area contributed by atoms with E-state index in [4.69, 9.17) is 5.73 Å². The van der Waals surface area contributed by atoms with E-state index in [1.807, 2.05) is 0 Å². The van der Waals surface area contributed by atoms with Crippen molar-refractivity contribution in [1.29, 1.82) is 0 Å². The van der Waals surface area contributed by atoms with Crippen LogP contribution in [-0.4, -0.2) is 13.0 Å². The Labute approximate surface area is 81.5 Å². The molecule has 1 aromatic carbocycles. The van der Waals surface area contributed by atoms with Crippen molar-refractivity contribution in [3.8, 4) is 0 Å². The van der Waals surface area contributed by atoms with Gasteiger partial charge in [-0.1, -0.05) is 0 Å². The fraction of sp³-hybridized carbons (Fsp3) is 0.125. The molecule has 0 aliphatic heterocycles. The quantitative estimate of drug-likeness (QED) is 0.676. The number of nitrogens with one attached hydrogen (secondary N) is 1. The molecule has 5 heteroatoms. The van der Waals surface area contributed by atoms with Gasteiger partial charge in [-0.3, -0.25) is 4.79 Å². The Morgan fingerprint density at radius 1 is 1.54 bits per heavy atom. The summed E-state index contributed by atoms with van der Waals surface area (Å²) in [6.07, 6.45) is 0. The van der Waals surface area contributed by atoms with Gasteiger partial charge in [-0.15, -0.1) is 12.4 Å². The molecule has 1 rings (SSSR count). The average Bonchev–Trinajstić information content (AvgIpc) is 2.08. The molecule has 0 saturated carbocycles. The van der Waals surface area contributed by atoms with E-state index in [1.54, 1.807) is 0 Å². The maximum absolute atomic E-state index is 12.9. The molecular weight excluding hydrogens is 195 g/mol. The summed E-state index contributed by atoms with van der Waals surface area (Å²) < 4.78 is 12.9. The highest BCUT2D eigenvalue weighted by Gasteiger charge is 2.09. The second-order valence-corrected chi connectivity index (χ2v) is 2.32. The summed E-state index contributed by atoms with van der Waals surface area (Å²) in [7, 11) is 1.44. The fourth-order valence-electron chi connectivity index (χ4n) is 0.852. The molecule has 1 amide bonds. The number of carbonyl (C=O) groups excluding carboxylic acids is 1. The Bertz CT molecular complexity index is 317. The number of carbonyl (C=O) groups is 1. The summed E-state index contributed by atoms with van der Waals surface area (Å²) in [5.74, 6) is -1.04. The Kier molecular flexibility index (Phi) is 4.20. The molecule has 3 N–H and O–H groups in total. The van der Waals surface area contributed by atoms with Crippen LogP contribution < -0.4 is 11.1 Å². The van der Waals surface area contributed by atoms with E-state index in [9.17, 15) is 9.18 Å². The minimum Gasteiger partial charge on any atom is -0.399 e. The third kappa shape index (κ3) is 2.59. The van der Waals surface area contributed by atoms with Crippen molar-refractivity contribution < 1.29 is 9.18 Å². The molecule has 0 saturated heterocycles. The molecule has 0 radical (unpaired) electrons. The third-order valence-corrected chi connectivity index (χ3v) is 1.46.